The molecule has 10 heteroatoms. The highest BCUT2D eigenvalue weighted by atomic mass is 79.9. The van der Waals surface area contributed by atoms with Crippen molar-refractivity contribution < 1.29 is 24.6 Å². The van der Waals surface area contributed by atoms with E-state index in [-0.39, 0.29) is 37.6 Å². The van der Waals surface area contributed by atoms with Crippen LogP contribution in [0.25, 0.3) is 10.8 Å². The fourth-order valence-corrected chi connectivity index (χ4v) is 3.82. The van der Waals surface area contributed by atoms with Crippen molar-refractivity contribution in [3.05, 3.63) is 79.2 Å². The van der Waals surface area contributed by atoms with Crippen LogP contribution in [0.1, 0.15) is 20.7 Å². The molecule has 4 rings (SSSR count). The number of nitrogens with zero attached hydrogens (tertiary/aromatic N) is 3. The van der Waals surface area contributed by atoms with Crippen LogP contribution in [0.2, 0.25) is 0 Å². The number of nitro groups is 1. The molecule has 3 aromatic carbocycles. The predicted octanol–water partition coefficient (Wildman–Crippen LogP) is 4.11. The van der Waals surface area contributed by atoms with Crippen molar-refractivity contribution in [1.82, 2.24) is 0 Å². The van der Waals surface area contributed by atoms with Gasteiger partial charge in [0.1, 0.15) is 4.47 Å². The molecule has 0 radical (unpaired) electrons. The van der Waals surface area contributed by atoms with Crippen LogP contribution in [0.3, 0.4) is 0 Å². The van der Waals surface area contributed by atoms with E-state index in [1.54, 1.807) is 12.1 Å². The topological polar surface area (TPSA) is 121 Å². The minimum atomic E-state index is -0.767. The molecule has 0 saturated heterocycles. The number of anilines is 1. The largest absolute Gasteiger partial charge is 0.318 e. The fraction of sp³-hybridized carbons (Fsp3) is 0. The molecule has 0 saturated carbocycles. The lowest BCUT2D eigenvalue weighted by atomic mass is 9.93. The van der Waals surface area contributed by atoms with Crippen LogP contribution in [-0.4, -0.2) is 26.9 Å². The van der Waals surface area contributed by atoms with E-state index in [4.69, 9.17) is 5.21 Å². The van der Waals surface area contributed by atoms with Gasteiger partial charge in [-0.05, 0) is 28.1 Å². The molecule has 9 nitrogen and oxygen atoms in total. The number of nitro benzene ring substituents is 1. The van der Waals surface area contributed by atoms with E-state index in [2.05, 4.69) is 15.9 Å². The molecule has 1 heterocycles. The number of imide groups is 1. The van der Waals surface area contributed by atoms with E-state index in [1.165, 1.54) is 30.3 Å². The number of rotatable bonds is 3. The smallest absolute Gasteiger partial charge is 0.268 e. The SMILES string of the molecule is O=C1c2cccc3c(Br)c([N+](=O)[O-])cc(c23)C(=O)N1c1cccc([N+](=O)O)c1. The number of carbonyl (C=O) groups is 2. The molecule has 3 aromatic rings. The van der Waals surface area contributed by atoms with Crippen molar-refractivity contribution in [2.24, 2.45) is 0 Å². The Morgan fingerprint density at radius 1 is 0.964 bits per heavy atom. The zero-order valence-corrected chi connectivity index (χ0v) is 15.4. The van der Waals surface area contributed by atoms with Gasteiger partial charge in [-0.15, -0.1) is 0 Å². The van der Waals surface area contributed by atoms with E-state index >= 15 is 0 Å². The van der Waals surface area contributed by atoms with Crippen molar-refractivity contribution in [3.8, 4) is 0 Å². The summed E-state index contributed by atoms with van der Waals surface area (Å²) < 4.78 is 0.177. The van der Waals surface area contributed by atoms with Crippen molar-refractivity contribution in [3.63, 3.8) is 0 Å². The Labute approximate surface area is 164 Å². The molecule has 0 bridgehead atoms. The van der Waals surface area contributed by atoms with Crippen LogP contribution >= 0.6 is 15.9 Å². The highest BCUT2D eigenvalue weighted by Gasteiger charge is 2.37. The summed E-state index contributed by atoms with van der Waals surface area (Å²) in [7, 11) is 0. The average molecular weight is 443 g/mol. The lowest BCUT2D eigenvalue weighted by Crippen LogP contribution is -2.40. The Bertz CT molecular complexity index is 1240. The third-order valence-corrected chi connectivity index (χ3v) is 5.28. The van der Waals surface area contributed by atoms with Gasteiger partial charge in [-0.2, -0.15) is 0 Å². The molecule has 2 amide bonds. The Balaban J connectivity index is 2.01. The number of hydrogen-bond acceptors (Lipinski definition) is 5. The predicted molar refractivity (Wildman–Crippen MR) is 101 cm³/mol. The Hall–Kier alpha value is -3.66. The van der Waals surface area contributed by atoms with Gasteiger partial charge in [0.05, 0.1) is 21.1 Å². The van der Waals surface area contributed by atoms with E-state index in [9.17, 15) is 24.6 Å². The molecule has 0 aliphatic carbocycles. The summed E-state index contributed by atoms with van der Waals surface area (Å²) in [6.45, 7) is 0. The van der Waals surface area contributed by atoms with Gasteiger partial charge >= 0.3 is 5.69 Å². The normalized spacial score (nSPS) is 13.1. The monoisotopic (exact) mass is 442 g/mol. The molecule has 0 atom stereocenters. The second-order valence-electron chi connectivity index (χ2n) is 5.98. The summed E-state index contributed by atoms with van der Waals surface area (Å²) in [4.78, 5) is 48.5. The lowest BCUT2D eigenvalue weighted by Gasteiger charge is -2.27. The Kier molecular flexibility index (Phi) is 3.93. The van der Waals surface area contributed by atoms with Crippen LogP contribution in [0.5, 0.6) is 0 Å². The number of halogens is 1. The van der Waals surface area contributed by atoms with E-state index in [1.807, 2.05) is 0 Å². The van der Waals surface area contributed by atoms with Crippen LogP contribution in [0.15, 0.2) is 53.0 Å². The minimum Gasteiger partial charge on any atom is -0.268 e. The maximum atomic E-state index is 13.1. The first-order chi connectivity index (χ1) is 13.3. The molecule has 0 unspecified atom stereocenters. The second-order valence-corrected chi connectivity index (χ2v) is 6.77. The molecule has 1 aliphatic rings. The minimum absolute atomic E-state index is 0.00604. The Morgan fingerprint density at radius 3 is 2.32 bits per heavy atom. The summed E-state index contributed by atoms with van der Waals surface area (Å²) in [5.74, 6) is -1.41. The van der Waals surface area contributed by atoms with Gasteiger partial charge in [0.15, 0.2) is 0 Å². The maximum absolute atomic E-state index is 13.1. The van der Waals surface area contributed by atoms with Crippen molar-refractivity contribution in [2.45, 2.75) is 0 Å². The summed E-state index contributed by atoms with van der Waals surface area (Å²) in [6.07, 6.45) is 0. The number of benzene rings is 3. The number of amides is 2. The molecule has 0 aromatic heterocycles. The molecule has 1 N–H and O–H groups in total. The first kappa shape index (κ1) is 17.7. The van der Waals surface area contributed by atoms with Gasteiger partial charge in [0.2, 0.25) is 0 Å². The van der Waals surface area contributed by atoms with Crippen molar-refractivity contribution in [1.29, 1.82) is 0 Å². The molecule has 0 spiro atoms. The van der Waals surface area contributed by atoms with E-state index in [0.717, 1.165) is 11.0 Å². The Morgan fingerprint density at radius 2 is 1.64 bits per heavy atom. The number of carbonyl (C=O) groups excluding carboxylic acids is 2. The average Bonchev–Trinajstić information content (AvgIpc) is 2.67. The molecule has 1 aliphatic heterocycles. The highest BCUT2D eigenvalue weighted by Crippen LogP contribution is 2.41. The summed E-state index contributed by atoms with van der Waals surface area (Å²) in [5.41, 5.74) is -0.249. The van der Waals surface area contributed by atoms with Gasteiger partial charge in [0, 0.05) is 34.5 Å². The molecule has 0 fully saturated rings. The van der Waals surface area contributed by atoms with Gasteiger partial charge < -0.3 is 0 Å². The lowest BCUT2D eigenvalue weighted by molar-refractivity contribution is -0.729. The van der Waals surface area contributed by atoms with Gasteiger partial charge in [-0.25, -0.2) is 10.1 Å². The van der Waals surface area contributed by atoms with Crippen LogP contribution in [0, 0.1) is 15.0 Å². The van der Waals surface area contributed by atoms with Crippen molar-refractivity contribution in [2.75, 3.05) is 4.90 Å². The van der Waals surface area contributed by atoms with Gasteiger partial charge in [-0.1, -0.05) is 18.2 Å². The van der Waals surface area contributed by atoms with Crippen LogP contribution < -0.4 is 4.90 Å². The third-order valence-electron chi connectivity index (χ3n) is 4.45. The first-order valence-corrected chi connectivity index (χ1v) is 8.65. The van der Waals surface area contributed by atoms with Crippen LogP contribution in [-0.2, 0) is 0 Å². The quantitative estimate of drug-likeness (QED) is 0.370. The zero-order chi connectivity index (χ0) is 20.2. The van der Waals surface area contributed by atoms with Crippen LogP contribution in [0.4, 0.5) is 17.1 Å². The third kappa shape index (κ3) is 2.46. The number of hydrogen-bond donors (Lipinski definition) is 1. The molecule has 138 valence electrons. The summed E-state index contributed by atoms with van der Waals surface area (Å²) in [6, 6.07) is 11.1. The second kappa shape index (κ2) is 6.20. The molecule has 28 heavy (non-hydrogen) atoms. The first-order valence-electron chi connectivity index (χ1n) is 7.86. The van der Waals surface area contributed by atoms with Gasteiger partial charge in [-0.3, -0.25) is 19.7 Å². The van der Waals surface area contributed by atoms with Gasteiger partial charge in [0.25, 0.3) is 22.4 Å². The molecular formula is C18H9BrN3O6+. The fourth-order valence-electron chi connectivity index (χ4n) is 3.23. The van der Waals surface area contributed by atoms with E-state index < -0.39 is 16.7 Å². The maximum Gasteiger partial charge on any atom is 0.318 e. The summed E-state index contributed by atoms with van der Waals surface area (Å²) >= 11 is 3.18. The van der Waals surface area contributed by atoms with Crippen molar-refractivity contribution >= 4 is 55.6 Å². The zero-order valence-electron chi connectivity index (χ0n) is 13.8. The highest BCUT2D eigenvalue weighted by molar-refractivity contribution is 9.10. The van der Waals surface area contributed by atoms with E-state index in [0.29, 0.717) is 10.8 Å². The summed E-state index contributed by atoms with van der Waals surface area (Å²) in [5, 5.41) is 21.2. The molecular weight excluding hydrogens is 434 g/mol. The standard InChI is InChI=1S/C18H9BrN3O6/c19-16-11-5-2-6-12-15(11)13(8-14(16)22(27)28)18(24)20(17(12)23)9-3-1-4-10(7-9)21(25)26/h1-8H,(H,25,26)/q+1.